The summed E-state index contributed by atoms with van der Waals surface area (Å²) in [6.45, 7) is 1.52. The smallest absolute Gasteiger partial charge is 0.335 e. The molecule has 0 saturated carbocycles. The van der Waals surface area contributed by atoms with E-state index in [1.807, 2.05) is 0 Å². The van der Waals surface area contributed by atoms with E-state index < -0.39 is 23.8 Å². The van der Waals surface area contributed by atoms with Gasteiger partial charge in [0.15, 0.2) is 0 Å². The summed E-state index contributed by atoms with van der Waals surface area (Å²) in [7, 11) is 0. The van der Waals surface area contributed by atoms with Crippen LogP contribution in [0.4, 0.5) is 5.69 Å². The number of carbonyl (C=O) groups excluding carboxylic acids is 2. The van der Waals surface area contributed by atoms with Gasteiger partial charge in [0.05, 0.1) is 5.56 Å². The maximum atomic E-state index is 11.7. The van der Waals surface area contributed by atoms with E-state index in [2.05, 4.69) is 10.6 Å². The Bertz CT molecular complexity index is 487. The molecule has 1 aromatic carbocycles. The van der Waals surface area contributed by atoms with Gasteiger partial charge in [-0.3, -0.25) is 9.59 Å². The zero-order valence-electron chi connectivity index (χ0n) is 10.1. The van der Waals surface area contributed by atoms with E-state index in [4.69, 9.17) is 16.7 Å². The second kappa shape index (κ2) is 6.75. The molecule has 0 aromatic heterocycles. The third-order valence-electron chi connectivity index (χ3n) is 2.29. The van der Waals surface area contributed by atoms with Gasteiger partial charge in [0.1, 0.15) is 11.9 Å². The maximum Gasteiger partial charge on any atom is 0.335 e. The van der Waals surface area contributed by atoms with Crippen LogP contribution in [0.25, 0.3) is 0 Å². The highest BCUT2D eigenvalue weighted by atomic mass is 35.5. The van der Waals surface area contributed by atoms with Gasteiger partial charge in [-0.05, 0) is 31.2 Å². The zero-order valence-corrected chi connectivity index (χ0v) is 10.9. The molecule has 0 aliphatic heterocycles. The van der Waals surface area contributed by atoms with Crippen molar-refractivity contribution in [2.45, 2.75) is 13.0 Å². The van der Waals surface area contributed by atoms with Gasteiger partial charge in [-0.1, -0.05) is 0 Å². The predicted octanol–water partition coefficient (Wildman–Crippen LogP) is 1.07. The largest absolute Gasteiger partial charge is 0.478 e. The van der Waals surface area contributed by atoms with E-state index in [9.17, 15) is 14.4 Å². The molecule has 0 heterocycles. The van der Waals surface area contributed by atoms with Gasteiger partial charge in [0.2, 0.25) is 11.8 Å². The highest BCUT2D eigenvalue weighted by Crippen LogP contribution is 2.09. The first-order valence-electron chi connectivity index (χ1n) is 5.43. The van der Waals surface area contributed by atoms with Crippen molar-refractivity contribution in [1.29, 1.82) is 0 Å². The van der Waals surface area contributed by atoms with Crippen LogP contribution in [0.15, 0.2) is 24.3 Å². The van der Waals surface area contributed by atoms with E-state index in [-0.39, 0.29) is 11.4 Å². The molecular formula is C12H13ClN2O4. The molecule has 2 amide bonds. The summed E-state index contributed by atoms with van der Waals surface area (Å²) in [6.07, 6.45) is 0. The molecule has 102 valence electrons. The number of anilines is 1. The van der Waals surface area contributed by atoms with Crippen molar-refractivity contribution in [3.63, 3.8) is 0 Å². The molecule has 3 N–H and O–H groups in total. The van der Waals surface area contributed by atoms with Crippen molar-refractivity contribution in [3.05, 3.63) is 29.8 Å². The van der Waals surface area contributed by atoms with Gasteiger partial charge in [0.25, 0.3) is 0 Å². The maximum absolute atomic E-state index is 11.7. The lowest BCUT2D eigenvalue weighted by molar-refractivity contribution is -0.124. The van der Waals surface area contributed by atoms with E-state index in [0.717, 1.165) is 0 Å². The number of hydrogen-bond donors (Lipinski definition) is 3. The highest BCUT2D eigenvalue weighted by Gasteiger charge is 2.15. The second-order valence-electron chi connectivity index (χ2n) is 3.79. The van der Waals surface area contributed by atoms with Gasteiger partial charge in [-0.15, -0.1) is 11.6 Å². The number of carboxylic acids is 1. The number of carboxylic acid groups (broad SMARTS) is 1. The Morgan fingerprint density at radius 1 is 1.26 bits per heavy atom. The number of rotatable bonds is 5. The lowest BCUT2D eigenvalue weighted by Crippen LogP contribution is -2.42. The Kier molecular flexibility index (Phi) is 5.32. The number of aromatic carboxylic acids is 1. The van der Waals surface area contributed by atoms with Gasteiger partial charge in [-0.25, -0.2) is 4.79 Å². The topological polar surface area (TPSA) is 95.5 Å². The molecule has 0 spiro atoms. The molecule has 0 fully saturated rings. The fourth-order valence-electron chi connectivity index (χ4n) is 1.29. The van der Waals surface area contributed by atoms with Crippen LogP contribution < -0.4 is 10.6 Å². The molecule has 7 heteroatoms. The lowest BCUT2D eigenvalue weighted by Gasteiger charge is -2.13. The van der Waals surface area contributed by atoms with E-state index >= 15 is 0 Å². The first-order valence-corrected chi connectivity index (χ1v) is 5.97. The van der Waals surface area contributed by atoms with Crippen LogP contribution in [0.3, 0.4) is 0 Å². The van der Waals surface area contributed by atoms with E-state index in [1.54, 1.807) is 0 Å². The molecule has 0 aliphatic carbocycles. The van der Waals surface area contributed by atoms with Crippen LogP contribution in [0.1, 0.15) is 17.3 Å². The SMILES string of the molecule is C[C@H](NC(=O)CCl)C(=O)Nc1ccc(C(=O)O)cc1. The van der Waals surface area contributed by atoms with Crippen molar-refractivity contribution >= 4 is 35.1 Å². The summed E-state index contributed by atoms with van der Waals surface area (Å²) in [5.74, 6) is -2.11. The van der Waals surface area contributed by atoms with Gasteiger partial charge in [-0.2, -0.15) is 0 Å². The number of carbonyl (C=O) groups is 3. The van der Waals surface area contributed by atoms with Gasteiger partial charge >= 0.3 is 5.97 Å². The zero-order chi connectivity index (χ0) is 14.4. The van der Waals surface area contributed by atoms with E-state index in [0.29, 0.717) is 5.69 Å². The van der Waals surface area contributed by atoms with Crippen molar-refractivity contribution in [3.8, 4) is 0 Å². The highest BCUT2D eigenvalue weighted by molar-refractivity contribution is 6.27. The Labute approximate surface area is 114 Å². The summed E-state index contributed by atoms with van der Waals surface area (Å²) in [6, 6.07) is 4.96. The average molecular weight is 285 g/mol. The van der Waals surface area contributed by atoms with E-state index in [1.165, 1.54) is 31.2 Å². The number of amides is 2. The fraction of sp³-hybridized carbons (Fsp3) is 0.250. The van der Waals surface area contributed by atoms with Crippen molar-refractivity contribution in [2.24, 2.45) is 0 Å². The van der Waals surface area contributed by atoms with Gasteiger partial charge in [0, 0.05) is 5.69 Å². The Hall–Kier alpha value is -2.08. The summed E-state index contributed by atoms with van der Waals surface area (Å²) in [5.41, 5.74) is 0.573. The third-order valence-corrected chi connectivity index (χ3v) is 2.53. The molecular weight excluding hydrogens is 272 g/mol. The first kappa shape index (κ1) is 15.0. The monoisotopic (exact) mass is 284 g/mol. The quantitative estimate of drug-likeness (QED) is 0.705. The molecule has 0 bridgehead atoms. The number of nitrogens with one attached hydrogen (secondary N) is 2. The Morgan fingerprint density at radius 3 is 2.32 bits per heavy atom. The van der Waals surface area contributed by atoms with Crippen LogP contribution in [0, 0.1) is 0 Å². The predicted molar refractivity (Wildman–Crippen MR) is 70.4 cm³/mol. The normalized spacial score (nSPS) is 11.5. The van der Waals surface area contributed by atoms with Crippen LogP contribution in [0.5, 0.6) is 0 Å². The summed E-state index contributed by atoms with van der Waals surface area (Å²) < 4.78 is 0. The van der Waals surface area contributed by atoms with Crippen molar-refractivity contribution in [1.82, 2.24) is 5.32 Å². The number of benzene rings is 1. The molecule has 1 atom stereocenters. The first-order chi connectivity index (χ1) is 8.93. The number of halogens is 1. The van der Waals surface area contributed by atoms with Crippen LogP contribution in [-0.2, 0) is 9.59 Å². The summed E-state index contributed by atoms with van der Waals surface area (Å²) in [5, 5.41) is 13.7. The van der Waals surface area contributed by atoms with Crippen molar-refractivity contribution in [2.75, 3.05) is 11.2 Å². The summed E-state index contributed by atoms with van der Waals surface area (Å²) in [4.78, 5) is 33.4. The molecule has 1 rings (SSSR count). The van der Waals surface area contributed by atoms with Crippen LogP contribution in [0.2, 0.25) is 0 Å². The minimum atomic E-state index is -1.04. The Balaban J connectivity index is 2.61. The van der Waals surface area contributed by atoms with Gasteiger partial charge < -0.3 is 15.7 Å². The third kappa shape index (κ3) is 4.59. The standard InChI is InChI=1S/C12H13ClN2O4/c1-7(14-10(16)6-13)11(17)15-9-4-2-8(3-5-9)12(18)19/h2-5,7H,6H2,1H3,(H,14,16)(H,15,17)(H,18,19)/t7-/m0/s1. The molecule has 0 unspecified atom stereocenters. The molecule has 6 nitrogen and oxygen atoms in total. The number of hydrogen-bond acceptors (Lipinski definition) is 3. The summed E-state index contributed by atoms with van der Waals surface area (Å²) >= 11 is 5.31. The van der Waals surface area contributed by atoms with Crippen molar-refractivity contribution < 1.29 is 19.5 Å². The minimum Gasteiger partial charge on any atom is -0.478 e. The Morgan fingerprint density at radius 2 is 1.84 bits per heavy atom. The molecule has 0 aliphatic rings. The molecule has 0 radical (unpaired) electrons. The lowest BCUT2D eigenvalue weighted by atomic mass is 10.2. The molecule has 1 aromatic rings. The number of alkyl halides is 1. The molecule has 0 saturated heterocycles. The minimum absolute atomic E-state index is 0.126. The average Bonchev–Trinajstić information content (AvgIpc) is 2.38. The van der Waals surface area contributed by atoms with Crippen LogP contribution in [-0.4, -0.2) is 34.8 Å². The fourth-order valence-corrected chi connectivity index (χ4v) is 1.37. The van der Waals surface area contributed by atoms with Crippen LogP contribution >= 0.6 is 11.6 Å². The molecule has 19 heavy (non-hydrogen) atoms. The second-order valence-corrected chi connectivity index (χ2v) is 4.06.